The first-order chi connectivity index (χ1) is 11.7. The zero-order valence-corrected chi connectivity index (χ0v) is 13.4. The maximum atomic E-state index is 13.2. The van der Waals surface area contributed by atoms with Crippen molar-refractivity contribution in [3.8, 4) is 0 Å². The van der Waals surface area contributed by atoms with Crippen LogP contribution in [0.2, 0.25) is 0 Å². The molecule has 0 bridgehead atoms. The summed E-state index contributed by atoms with van der Waals surface area (Å²) in [5, 5.41) is 0. The van der Waals surface area contributed by atoms with Crippen LogP contribution in [0, 0.1) is 5.92 Å². The lowest BCUT2D eigenvalue weighted by atomic mass is 9.86. The van der Waals surface area contributed by atoms with Crippen molar-refractivity contribution < 1.29 is 14.3 Å². The zero-order valence-electron chi connectivity index (χ0n) is 13.4. The second-order valence-electron chi connectivity index (χ2n) is 7.03. The molecule has 0 saturated heterocycles. The number of ether oxygens (including phenoxy) is 1. The molecule has 3 nitrogen and oxygen atoms in total. The van der Waals surface area contributed by atoms with Crippen LogP contribution in [0.5, 0.6) is 0 Å². The van der Waals surface area contributed by atoms with Gasteiger partial charge in [0.15, 0.2) is 5.78 Å². The van der Waals surface area contributed by atoms with E-state index in [2.05, 4.69) is 12.1 Å². The molecule has 24 heavy (non-hydrogen) atoms. The molecule has 3 heteroatoms. The number of rotatable bonds is 1. The number of Topliss-reactive ketones (excluding diaryl/α,β-unsaturated/α-hetero) is 1. The maximum absolute atomic E-state index is 13.2. The Bertz CT molecular complexity index is 881. The van der Waals surface area contributed by atoms with Gasteiger partial charge in [-0.25, -0.2) is 4.79 Å². The highest BCUT2D eigenvalue weighted by Gasteiger charge is 2.44. The summed E-state index contributed by atoms with van der Waals surface area (Å²) in [6.45, 7) is 0. The predicted octanol–water partition coefficient (Wildman–Crippen LogP) is 3.83. The largest absolute Gasteiger partial charge is 0.453 e. The molecule has 0 N–H and O–H groups in total. The van der Waals surface area contributed by atoms with Crippen LogP contribution in [0.15, 0.2) is 36.4 Å². The van der Waals surface area contributed by atoms with Crippen molar-refractivity contribution in [3.05, 3.63) is 69.8 Å². The quantitative estimate of drug-likeness (QED) is 0.751. The first-order valence-electron chi connectivity index (χ1n) is 8.72. The molecule has 0 aromatic heterocycles. The molecule has 1 aliphatic heterocycles. The van der Waals surface area contributed by atoms with E-state index in [-0.39, 0.29) is 17.7 Å². The second kappa shape index (κ2) is 5.04. The van der Waals surface area contributed by atoms with E-state index in [0.717, 1.165) is 36.0 Å². The van der Waals surface area contributed by atoms with E-state index < -0.39 is 6.10 Å². The smallest absolute Gasteiger partial charge is 0.339 e. The van der Waals surface area contributed by atoms with Crippen LogP contribution in [0.4, 0.5) is 0 Å². The number of esters is 1. The van der Waals surface area contributed by atoms with E-state index >= 15 is 0 Å². The maximum Gasteiger partial charge on any atom is 0.339 e. The van der Waals surface area contributed by atoms with Crippen molar-refractivity contribution in [2.45, 2.75) is 38.2 Å². The third-order valence-corrected chi connectivity index (χ3v) is 5.73. The minimum atomic E-state index is -0.437. The van der Waals surface area contributed by atoms with Crippen LogP contribution >= 0.6 is 0 Å². The van der Waals surface area contributed by atoms with Gasteiger partial charge in [0.25, 0.3) is 0 Å². The minimum absolute atomic E-state index is 0.165. The molecular weight excluding hydrogens is 300 g/mol. The molecule has 2 aliphatic carbocycles. The minimum Gasteiger partial charge on any atom is -0.453 e. The number of ketones is 1. The predicted molar refractivity (Wildman–Crippen MR) is 89.2 cm³/mol. The average Bonchev–Trinajstić information content (AvgIpc) is 3.13. The van der Waals surface area contributed by atoms with E-state index in [1.165, 1.54) is 17.5 Å². The van der Waals surface area contributed by atoms with Crippen LogP contribution in [0.3, 0.4) is 0 Å². The van der Waals surface area contributed by atoms with E-state index in [4.69, 9.17) is 4.74 Å². The van der Waals surface area contributed by atoms with Crippen LogP contribution in [-0.4, -0.2) is 11.8 Å². The first-order valence-corrected chi connectivity index (χ1v) is 8.72. The number of benzene rings is 2. The number of cyclic esters (lactones) is 1. The van der Waals surface area contributed by atoms with Crippen LogP contribution in [0.25, 0.3) is 0 Å². The average molecular weight is 318 g/mol. The Morgan fingerprint density at radius 1 is 0.917 bits per heavy atom. The lowest BCUT2D eigenvalue weighted by Crippen LogP contribution is -2.20. The Hall–Kier alpha value is -2.42. The molecule has 0 spiro atoms. The molecule has 2 aromatic carbocycles. The molecular formula is C21H18O3. The highest BCUT2D eigenvalue weighted by molar-refractivity contribution is 6.05. The first kappa shape index (κ1) is 14.0. The van der Waals surface area contributed by atoms with Gasteiger partial charge in [-0.05, 0) is 54.9 Å². The van der Waals surface area contributed by atoms with Crippen LogP contribution in [-0.2, 0) is 24.0 Å². The van der Waals surface area contributed by atoms with E-state index in [1.54, 1.807) is 6.07 Å². The lowest BCUT2D eigenvalue weighted by molar-refractivity contribution is 0.0252. The normalized spacial score (nSPS) is 24.3. The topological polar surface area (TPSA) is 43.4 Å². The van der Waals surface area contributed by atoms with Crippen molar-refractivity contribution in [2.24, 2.45) is 5.92 Å². The van der Waals surface area contributed by atoms with E-state index in [1.807, 2.05) is 18.2 Å². The number of carbonyl (C=O) groups is 2. The zero-order chi connectivity index (χ0) is 16.3. The number of hydrogen-bond acceptors (Lipinski definition) is 3. The standard InChI is InChI=1S/C21H18O3/c22-19-17(20-15-7-3-4-8-16(15)21(23)24-20)11-13-10-9-12-5-1-2-6-14(12)18(13)19/h3-4,7-10,17,20H,1-2,5-6,11H2/t17-,20+/m1/s1. The number of fused-ring (bicyclic) bond motifs is 4. The monoisotopic (exact) mass is 318 g/mol. The Morgan fingerprint density at radius 3 is 2.62 bits per heavy atom. The van der Waals surface area contributed by atoms with Crippen molar-refractivity contribution >= 4 is 11.8 Å². The van der Waals surface area contributed by atoms with Gasteiger partial charge in [0.1, 0.15) is 6.10 Å². The van der Waals surface area contributed by atoms with E-state index in [0.29, 0.717) is 12.0 Å². The molecule has 0 radical (unpaired) electrons. The van der Waals surface area contributed by atoms with Crippen LogP contribution < -0.4 is 0 Å². The lowest BCUT2D eigenvalue weighted by Gasteiger charge is -2.19. The fourth-order valence-corrected chi connectivity index (χ4v) is 4.59. The summed E-state index contributed by atoms with van der Waals surface area (Å²) < 4.78 is 5.60. The summed E-state index contributed by atoms with van der Waals surface area (Å²) in [4.78, 5) is 25.3. The van der Waals surface area contributed by atoms with Crippen molar-refractivity contribution in [1.82, 2.24) is 0 Å². The summed E-state index contributed by atoms with van der Waals surface area (Å²) in [7, 11) is 0. The van der Waals surface area contributed by atoms with Gasteiger partial charge in [-0.2, -0.15) is 0 Å². The summed E-state index contributed by atoms with van der Waals surface area (Å²) in [6.07, 6.45) is 4.67. The molecule has 0 saturated carbocycles. The van der Waals surface area contributed by atoms with Gasteiger partial charge in [-0.3, -0.25) is 4.79 Å². The molecule has 120 valence electrons. The van der Waals surface area contributed by atoms with E-state index in [9.17, 15) is 9.59 Å². The van der Waals surface area contributed by atoms with Gasteiger partial charge in [-0.15, -0.1) is 0 Å². The van der Waals surface area contributed by atoms with Crippen LogP contribution in [0.1, 0.15) is 61.9 Å². The SMILES string of the molecule is O=C1O[C@H]([C@@H]2Cc3ccc4c(c3C2=O)CCCC4)c2ccccc21. The summed E-state index contributed by atoms with van der Waals surface area (Å²) >= 11 is 0. The highest BCUT2D eigenvalue weighted by Crippen LogP contribution is 2.44. The van der Waals surface area contributed by atoms with Crippen molar-refractivity contribution in [3.63, 3.8) is 0 Å². The Morgan fingerprint density at radius 2 is 1.71 bits per heavy atom. The third-order valence-electron chi connectivity index (χ3n) is 5.73. The van der Waals surface area contributed by atoms with Gasteiger partial charge in [-0.1, -0.05) is 30.3 Å². The van der Waals surface area contributed by atoms with Crippen molar-refractivity contribution in [2.75, 3.05) is 0 Å². The summed E-state index contributed by atoms with van der Waals surface area (Å²) in [6, 6.07) is 11.7. The molecule has 2 atom stereocenters. The Labute approximate surface area is 140 Å². The van der Waals surface area contributed by atoms with Gasteiger partial charge in [0.2, 0.25) is 0 Å². The molecule has 0 fully saturated rings. The van der Waals surface area contributed by atoms with Gasteiger partial charge in [0, 0.05) is 11.1 Å². The number of aryl methyl sites for hydroxylation is 1. The second-order valence-corrected chi connectivity index (χ2v) is 7.03. The molecule has 1 heterocycles. The molecule has 2 aromatic rings. The fourth-order valence-electron chi connectivity index (χ4n) is 4.59. The molecule has 0 amide bonds. The number of hydrogen-bond donors (Lipinski definition) is 0. The van der Waals surface area contributed by atoms with Gasteiger partial charge in [0.05, 0.1) is 11.5 Å². The van der Waals surface area contributed by atoms with Gasteiger partial charge < -0.3 is 4.74 Å². The third kappa shape index (κ3) is 1.84. The number of carbonyl (C=O) groups excluding carboxylic acids is 2. The molecule has 0 unspecified atom stereocenters. The Balaban J connectivity index is 1.57. The molecule has 5 rings (SSSR count). The summed E-state index contributed by atoms with van der Waals surface area (Å²) in [5.41, 5.74) is 6.11. The molecule has 3 aliphatic rings. The highest BCUT2D eigenvalue weighted by atomic mass is 16.5. The summed E-state index contributed by atoms with van der Waals surface area (Å²) in [5.74, 6) is -0.416. The fraction of sp³-hybridized carbons (Fsp3) is 0.333. The van der Waals surface area contributed by atoms with Gasteiger partial charge >= 0.3 is 5.97 Å². The van der Waals surface area contributed by atoms with Crippen molar-refractivity contribution in [1.29, 1.82) is 0 Å². The Kier molecular flexibility index (Phi) is 2.93.